The van der Waals surface area contributed by atoms with Crippen LogP contribution in [0, 0.1) is 0 Å². The van der Waals surface area contributed by atoms with Crippen LogP contribution in [0.3, 0.4) is 0 Å². The van der Waals surface area contributed by atoms with Crippen molar-refractivity contribution >= 4 is 11.8 Å². The van der Waals surface area contributed by atoms with Crippen molar-refractivity contribution in [3.63, 3.8) is 0 Å². The van der Waals surface area contributed by atoms with Gasteiger partial charge in [-0.3, -0.25) is 9.59 Å². The van der Waals surface area contributed by atoms with Gasteiger partial charge in [0.15, 0.2) is 0 Å². The van der Waals surface area contributed by atoms with Gasteiger partial charge in [0, 0.05) is 6.92 Å². The van der Waals surface area contributed by atoms with Gasteiger partial charge in [-0.1, -0.05) is 32.9 Å². The smallest absolute Gasteiger partial charge is 0.242 e. The summed E-state index contributed by atoms with van der Waals surface area (Å²) in [6.07, 6.45) is 0. The predicted molar refractivity (Wildman–Crippen MR) is 86.9 cm³/mol. The highest BCUT2D eigenvalue weighted by atomic mass is 16.5. The molecule has 1 unspecified atom stereocenters. The molecule has 0 saturated carbocycles. The van der Waals surface area contributed by atoms with E-state index in [0.717, 1.165) is 5.75 Å². The quantitative estimate of drug-likeness (QED) is 0.790. The normalized spacial score (nSPS) is 12.4. The molecule has 2 amide bonds. The van der Waals surface area contributed by atoms with E-state index in [1.165, 1.54) is 12.5 Å². The first-order valence-electron chi connectivity index (χ1n) is 7.48. The molecule has 1 atom stereocenters. The molecule has 0 bridgehead atoms. The van der Waals surface area contributed by atoms with Crippen LogP contribution in [0.25, 0.3) is 0 Å². The maximum atomic E-state index is 11.7. The molecule has 0 aromatic heterocycles. The summed E-state index contributed by atoms with van der Waals surface area (Å²) in [6.45, 7) is 10.3. The van der Waals surface area contributed by atoms with Gasteiger partial charge in [-0.2, -0.15) is 0 Å². The molecular formula is C17H26N2O3. The first-order valence-corrected chi connectivity index (χ1v) is 7.48. The Balaban J connectivity index is 2.33. The summed E-state index contributed by atoms with van der Waals surface area (Å²) in [5, 5.41) is 5.24. The lowest BCUT2D eigenvalue weighted by molar-refractivity contribution is -0.127. The van der Waals surface area contributed by atoms with E-state index >= 15 is 0 Å². The molecule has 1 aromatic rings. The Bertz CT molecular complexity index is 504. The SMILES string of the molecule is CC(=O)NC(C)C(=O)NCCOc1ccc(C(C)(C)C)cc1. The first-order chi connectivity index (χ1) is 10.2. The molecule has 2 N–H and O–H groups in total. The first kappa shape index (κ1) is 18.0. The fourth-order valence-electron chi connectivity index (χ4n) is 1.92. The molecule has 0 fully saturated rings. The zero-order valence-corrected chi connectivity index (χ0v) is 14.0. The highest BCUT2D eigenvalue weighted by Crippen LogP contribution is 2.24. The van der Waals surface area contributed by atoms with Crippen molar-refractivity contribution < 1.29 is 14.3 Å². The van der Waals surface area contributed by atoms with E-state index < -0.39 is 6.04 Å². The topological polar surface area (TPSA) is 67.4 Å². The third-order valence-electron chi connectivity index (χ3n) is 3.20. The molecule has 22 heavy (non-hydrogen) atoms. The molecule has 0 heterocycles. The van der Waals surface area contributed by atoms with Crippen LogP contribution in [0.15, 0.2) is 24.3 Å². The standard InChI is InChI=1S/C17H26N2O3/c1-12(19-13(2)20)16(21)18-10-11-22-15-8-6-14(7-9-15)17(3,4)5/h6-9,12H,10-11H2,1-5H3,(H,18,21)(H,19,20). The Morgan fingerprint density at radius 3 is 2.27 bits per heavy atom. The summed E-state index contributed by atoms with van der Waals surface area (Å²) in [5.74, 6) is 0.330. The zero-order valence-electron chi connectivity index (χ0n) is 14.0. The second-order valence-electron chi connectivity index (χ2n) is 6.34. The Labute approximate surface area is 132 Å². The van der Waals surface area contributed by atoms with Crippen LogP contribution in [-0.4, -0.2) is 31.0 Å². The van der Waals surface area contributed by atoms with E-state index in [1.54, 1.807) is 6.92 Å². The van der Waals surface area contributed by atoms with Crippen LogP contribution in [0.2, 0.25) is 0 Å². The molecule has 0 aliphatic carbocycles. The average molecular weight is 306 g/mol. The maximum Gasteiger partial charge on any atom is 0.242 e. The Morgan fingerprint density at radius 2 is 1.77 bits per heavy atom. The van der Waals surface area contributed by atoms with Crippen LogP contribution >= 0.6 is 0 Å². The maximum absolute atomic E-state index is 11.7. The van der Waals surface area contributed by atoms with Crippen molar-refractivity contribution in [1.82, 2.24) is 10.6 Å². The van der Waals surface area contributed by atoms with Crippen LogP contribution < -0.4 is 15.4 Å². The van der Waals surface area contributed by atoms with Crippen LogP contribution in [-0.2, 0) is 15.0 Å². The molecule has 0 spiro atoms. The van der Waals surface area contributed by atoms with Gasteiger partial charge in [0.25, 0.3) is 0 Å². The zero-order chi connectivity index (χ0) is 16.8. The second kappa shape index (κ2) is 7.82. The van der Waals surface area contributed by atoms with E-state index in [1.807, 2.05) is 24.3 Å². The number of ether oxygens (including phenoxy) is 1. The summed E-state index contributed by atoms with van der Waals surface area (Å²) < 4.78 is 5.58. The summed E-state index contributed by atoms with van der Waals surface area (Å²) >= 11 is 0. The van der Waals surface area contributed by atoms with Crippen molar-refractivity contribution in [1.29, 1.82) is 0 Å². The highest BCUT2D eigenvalue weighted by molar-refractivity contribution is 5.86. The number of rotatable bonds is 6. The van der Waals surface area contributed by atoms with Crippen molar-refractivity contribution in [3.8, 4) is 5.75 Å². The lowest BCUT2D eigenvalue weighted by Crippen LogP contribution is -2.45. The molecule has 0 aliphatic heterocycles. The number of hydrogen-bond donors (Lipinski definition) is 2. The largest absolute Gasteiger partial charge is 0.492 e. The number of nitrogens with one attached hydrogen (secondary N) is 2. The highest BCUT2D eigenvalue weighted by Gasteiger charge is 2.14. The molecule has 0 saturated heterocycles. The molecule has 122 valence electrons. The number of carbonyl (C=O) groups excluding carboxylic acids is 2. The van der Waals surface area contributed by atoms with E-state index in [-0.39, 0.29) is 17.2 Å². The van der Waals surface area contributed by atoms with Gasteiger partial charge in [-0.25, -0.2) is 0 Å². The van der Waals surface area contributed by atoms with Crippen LogP contribution in [0.1, 0.15) is 40.2 Å². The van der Waals surface area contributed by atoms with Crippen molar-refractivity contribution in [2.75, 3.05) is 13.2 Å². The summed E-state index contributed by atoms with van der Waals surface area (Å²) in [7, 11) is 0. The summed E-state index contributed by atoms with van der Waals surface area (Å²) in [6, 6.07) is 7.42. The van der Waals surface area contributed by atoms with Gasteiger partial charge in [0.2, 0.25) is 11.8 Å². The Morgan fingerprint density at radius 1 is 1.18 bits per heavy atom. The average Bonchev–Trinajstić information content (AvgIpc) is 2.42. The fraction of sp³-hybridized carbons (Fsp3) is 0.529. The lowest BCUT2D eigenvalue weighted by Gasteiger charge is -2.19. The van der Waals surface area contributed by atoms with Crippen LogP contribution in [0.5, 0.6) is 5.75 Å². The fourth-order valence-corrected chi connectivity index (χ4v) is 1.92. The molecule has 5 heteroatoms. The molecule has 5 nitrogen and oxygen atoms in total. The minimum absolute atomic E-state index is 0.117. The van der Waals surface area contributed by atoms with Crippen LogP contribution in [0.4, 0.5) is 0 Å². The van der Waals surface area contributed by atoms with Gasteiger partial charge in [-0.05, 0) is 30.0 Å². The molecule has 1 aromatic carbocycles. The number of benzene rings is 1. The number of amides is 2. The van der Waals surface area contributed by atoms with E-state index in [2.05, 4.69) is 31.4 Å². The third kappa shape index (κ3) is 6.16. The molecule has 1 rings (SSSR count). The van der Waals surface area contributed by atoms with Crippen molar-refractivity contribution in [2.24, 2.45) is 0 Å². The van der Waals surface area contributed by atoms with E-state index in [4.69, 9.17) is 4.74 Å². The Hall–Kier alpha value is -2.04. The summed E-state index contributed by atoms with van der Waals surface area (Å²) in [5.41, 5.74) is 1.36. The van der Waals surface area contributed by atoms with Gasteiger partial charge in [0.05, 0.1) is 6.54 Å². The summed E-state index contributed by atoms with van der Waals surface area (Å²) in [4.78, 5) is 22.5. The monoisotopic (exact) mass is 306 g/mol. The van der Waals surface area contributed by atoms with Gasteiger partial charge >= 0.3 is 0 Å². The number of hydrogen-bond acceptors (Lipinski definition) is 3. The molecule has 0 aliphatic rings. The second-order valence-corrected chi connectivity index (χ2v) is 6.34. The van der Waals surface area contributed by atoms with Crippen molar-refractivity contribution in [3.05, 3.63) is 29.8 Å². The molecular weight excluding hydrogens is 280 g/mol. The van der Waals surface area contributed by atoms with E-state index in [9.17, 15) is 9.59 Å². The Kier molecular flexibility index (Phi) is 6.40. The van der Waals surface area contributed by atoms with E-state index in [0.29, 0.717) is 13.2 Å². The molecule has 0 radical (unpaired) electrons. The third-order valence-corrected chi connectivity index (χ3v) is 3.20. The number of carbonyl (C=O) groups is 2. The van der Waals surface area contributed by atoms with Gasteiger partial charge in [-0.15, -0.1) is 0 Å². The predicted octanol–water partition coefficient (Wildman–Crippen LogP) is 2.00. The van der Waals surface area contributed by atoms with Crippen molar-refractivity contribution in [2.45, 2.75) is 46.1 Å². The van der Waals surface area contributed by atoms with Gasteiger partial charge < -0.3 is 15.4 Å². The minimum atomic E-state index is -0.538. The van der Waals surface area contributed by atoms with Gasteiger partial charge in [0.1, 0.15) is 18.4 Å². The minimum Gasteiger partial charge on any atom is -0.492 e. The lowest BCUT2D eigenvalue weighted by atomic mass is 9.87.